The molecule has 1 saturated heterocycles. The molecular weight excluding hydrogens is 242 g/mol. The minimum atomic E-state index is -0.446. The summed E-state index contributed by atoms with van der Waals surface area (Å²) in [5, 5.41) is 12.5. The van der Waals surface area contributed by atoms with Crippen LogP contribution in [0, 0.1) is 5.92 Å². The van der Waals surface area contributed by atoms with Crippen LogP contribution < -0.4 is 11.1 Å². The van der Waals surface area contributed by atoms with Gasteiger partial charge < -0.3 is 21.1 Å². The molecule has 1 fully saturated rings. The number of aliphatic hydroxyl groups is 1. The average Bonchev–Trinajstić information content (AvgIpc) is 2.39. The van der Waals surface area contributed by atoms with Gasteiger partial charge in [0.1, 0.15) is 0 Å². The maximum atomic E-state index is 12.2. The Morgan fingerprint density at radius 1 is 1.42 bits per heavy atom. The van der Waals surface area contributed by atoms with Gasteiger partial charge in [0.25, 0.3) is 0 Å². The molecule has 5 heteroatoms. The number of urea groups is 1. The summed E-state index contributed by atoms with van der Waals surface area (Å²) in [7, 11) is 0. The number of aliphatic hydroxyl groups excluding tert-OH is 1. The van der Waals surface area contributed by atoms with E-state index in [1.165, 1.54) is 0 Å². The molecule has 0 bridgehead atoms. The van der Waals surface area contributed by atoms with Crippen molar-refractivity contribution in [3.05, 3.63) is 30.3 Å². The van der Waals surface area contributed by atoms with Crippen molar-refractivity contribution in [1.29, 1.82) is 0 Å². The first-order chi connectivity index (χ1) is 9.06. The molecule has 1 aromatic carbocycles. The van der Waals surface area contributed by atoms with Crippen LogP contribution in [0.25, 0.3) is 0 Å². The summed E-state index contributed by atoms with van der Waals surface area (Å²) in [4.78, 5) is 13.8. The lowest BCUT2D eigenvalue weighted by molar-refractivity contribution is 0.0693. The molecule has 2 rings (SSSR count). The monoisotopic (exact) mass is 263 g/mol. The second kappa shape index (κ2) is 6.04. The minimum Gasteiger partial charge on any atom is -0.393 e. The van der Waals surface area contributed by atoms with Gasteiger partial charge in [-0.1, -0.05) is 18.2 Å². The summed E-state index contributed by atoms with van der Waals surface area (Å²) in [6, 6.07) is 9.09. The van der Waals surface area contributed by atoms with Crippen molar-refractivity contribution in [3.63, 3.8) is 0 Å². The van der Waals surface area contributed by atoms with Gasteiger partial charge in [-0.05, 0) is 25.5 Å². The predicted molar refractivity (Wildman–Crippen MR) is 74.8 cm³/mol. The Morgan fingerprint density at radius 2 is 2.11 bits per heavy atom. The lowest BCUT2D eigenvalue weighted by Crippen LogP contribution is -2.52. The molecule has 0 spiro atoms. The number of nitrogens with two attached hydrogens (primary N) is 1. The number of carbonyl (C=O) groups excluding carboxylic acids is 1. The second-order valence-electron chi connectivity index (χ2n) is 5.20. The third-order valence-electron chi connectivity index (χ3n) is 3.51. The van der Waals surface area contributed by atoms with Gasteiger partial charge in [0.2, 0.25) is 0 Å². The molecule has 3 atom stereocenters. The molecule has 1 aliphatic rings. The number of hydrogen-bond donors (Lipinski definition) is 3. The fraction of sp³-hybridized carbons (Fsp3) is 0.500. The zero-order valence-corrected chi connectivity index (χ0v) is 11.1. The van der Waals surface area contributed by atoms with E-state index < -0.39 is 6.10 Å². The van der Waals surface area contributed by atoms with Gasteiger partial charge in [0.05, 0.1) is 6.10 Å². The number of para-hydroxylation sites is 1. The Morgan fingerprint density at radius 3 is 2.74 bits per heavy atom. The Bertz CT molecular complexity index is 422. The van der Waals surface area contributed by atoms with Gasteiger partial charge in [-0.25, -0.2) is 4.79 Å². The molecule has 4 N–H and O–H groups in total. The van der Waals surface area contributed by atoms with Crippen LogP contribution in [0.5, 0.6) is 0 Å². The number of nitrogens with one attached hydrogen (secondary N) is 1. The first kappa shape index (κ1) is 13.8. The largest absolute Gasteiger partial charge is 0.393 e. The quantitative estimate of drug-likeness (QED) is 0.751. The van der Waals surface area contributed by atoms with Crippen LogP contribution >= 0.6 is 0 Å². The summed E-state index contributed by atoms with van der Waals surface area (Å²) in [6.45, 7) is 2.82. The molecule has 3 unspecified atom stereocenters. The van der Waals surface area contributed by atoms with E-state index in [-0.39, 0.29) is 18.0 Å². The summed E-state index contributed by atoms with van der Waals surface area (Å²) in [5.74, 6) is 0.0465. The lowest BCUT2D eigenvalue weighted by atomic mass is 9.91. The summed E-state index contributed by atoms with van der Waals surface area (Å²) >= 11 is 0. The summed E-state index contributed by atoms with van der Waals surface area (Å²) in [5.41, 5.74) is 6.72. The van der Waals surface area contributed by atoms with Gasteiger partial charge in [0, 0.05) is 30.7 Å². The molecule has 5 nitrogen and oxygen atoms in total. The topological polar surface area (TPSA) is 78.6 Å². The molecule has 104 valence electrons. The van der Waals surface area contributed by atoms with Gasteiger partial charge in [-0.15, -0.1) is 0 Å². The molecule has 1 aliphatic heterocycles. The number of rotatable bonds is 2. The fourth-order valence-corrected chi connectivity index (χ4v) is 2.42. The van der Waals surface area contributed by atoms with Crippen LogP contribution in [0.2, 0.25) is 0 Å². The number of amides is 2. The highest BCUT2D eigenvalue weighted by atomic mass is 16.3. The van der Waals surface area contributed by atoms with Gasteiger partial charge in [-0.3, -0.25) is 0 Å². The smallest absolute Gasteiger partial charge is 0.321 e. The molecule has 0 saturated carbocycles. The zero-order valence-electron chi connectivity index (χ0n) is 11.1. The number of carbonyl (C=O) groups is 1. The number of likely N-dealkylation sites (tertiary alicyclic amines) is 1. The van der Waals surface area contributed by atoms with E-state index in [0.717, 1.165) is 12.1 Å². The Hall–Kier alpha value is -1.59. The Kier molecular flexibility index (Phi) is 4.39. The summed E-state index contributed by atoms with van der Waals surface area (Å²) < 4.78 is 0. The van der Waals surface area contributed by atoms with Crippen LogP contribution in [0.15, 0.2) is 30.3 Å². The van der Waals surface area contributed by atoms with E-state index in [9.17, 15) is 9.90 Å². The number of nitrogens with zero attached hydrogens (tertiary/aromatic N) is 1. The number of piperidine rings is 1. The Labute approximate surface area is 113 Å². The number of hydrogen-bond acceptors (Lipinski definition) is 3. The van der Waals surface area contributed by atoms with Crippen LogP contribution in [0.1, 0.15) is 13.3 Å². The fourth-order valence-electron chi connectivity index (χ4n) is 2.42. The van der Waals surface area contributed by atoms with Gasteiger partial charge >= 0.3 is 6.03 Å². The Balaban J connectivity index is 1.98. The number of anilines is 1. The van der Waals surface area contributed by atoms with Crippen molar-refractivity contribution in [2.24, 2.45) is 11.7 Å². The van der Waals surface area contributed by atoms with Crippen molar-refractivity contribution in [2.75, 3.05) is 18.4 Å². The normalized spacial score (nSPS) is 24.9. The van der Waals surface area contributed by atoms with E-state index in [0.29, 0.717) is 13.1 Å². The third kappa shape index (κ3) is 3.68. The first-order valence-corrected chi connectivity index (χ1v) is 6.61. The average molecular weight is 263 g/mol. The van der Waals surface area contributed by atoms with E-state index in [1.54, 1.807) is 11.8 Å². The van der Waals surface area contributed by atoms with Crippen LogP contribution in [-0.2, 0) is 0 Å². The van der Waals surface area contributed by atoms with Crippen molar-refractivity contribution < 1.29 is 9.90 Å². The van der Waals surface area contributed by atoms with Crippen molar-refractivity contribution in [3.8, 4) is 0 Å². The van der Waals surface area contributed by atoms with Gasteiger partial charge in [0.15, 0.2) is 0 Å². The second-order valence-corrected chi connectivity index (χ2v) is 5.20. The molecule has 2 amide bonds. The molecular formula is C14H21N3O2. The standard InChI is InChI=1S/C14H21N3O2/c1-10(18)11-7-12(15)9-17(8-11)14(19)16-13-5-3-2-4-6-13/h2-6,10-12,18H,7-9,15H2,1H3,(H,16,19). The summed E-state index contributed by atoms with van der Waals surface area (Å²) in [6.07, 6.45) is 0.311. The molecule has 1 heterocycles. The van der Waals surface area contributed by atoms with E-state index in [1.807, 2.05) is 30.3 Å². The maximum absolute atomic E-state index is 12.2. The van der Waals surface area contributed by atoms with Crippen molar-refractivity contribution in [2.45, 2.75) is 25.5 Å². The zero-order chi connectivity index (χ0) is 13.8. The van der Waals surface area contributed by atoms with Crippen LogP contribution in [-0.4, -0.2) is 41.3 Å². The first-order valence-electron chi connectivity index (χ1n) is 6.61. The van der Waals surface area contributed by atoms with Gasteiger partial charge in [-0.2, -0.15) is 0 Å². The lowest BCUT2D eigenvalue weighted by Gasteiger charge is -2.37. The van der Waals surface area contributed by atoms with E-state index in [4.69, 9.17) is 5.73 Å². The minimum absolute atomic E-state index is 0.0465. The van der Waals surface area contributed by atoms with Crippen LogP contribution in [0.4, 0.5) is 10.5 Å². The highest BCUT2D eigenvalue weighted by molar-refractivity contribution is 5.89. The third-order valence-corrected chi connectivity index (χ3v) is 3.51. The van der Waals surface area contributed by atoms with Crippen molar-refractivity contribution in [1.82, 2.24) is 4.90 Å². The molecule has 0 aromatic heterocycles. The predicted octanol–water partition coefficient (Wildman–Crippen LogP) is 1.25. The number of benzene rings is 1. The highest BCUT2D eigenvalue weighted by Gasteiger charge is 2.30. The van der Waals surface area contributed by atoms with Crippen molar-refractivity contribution >= 4 is 11.7 Å². The SMILES string of the molecule is CC(O)C1CC(N)CN(C(=O)Nc2ccccc2)C1. The maximum Gasteiger partial charge on any atom is 0.321 e. The van der Waals surface area contributed by atoms with Crippen LogP contribution in [0.3, 0.4) is 0 Å². The molecule has 19 heavy (non-hydrogen) atoms. The molecule has 0 aliphatic carbocycles. The highest BCUT2D eigenvalue weighted by Crippen LogP contribution is 2.20. The van der Waals surface area contributed by atoms with E-state index >= 15 is 0 Å². The van der Waals surface area contributed by atoms with E-state index in [2.05, 4.69) is 5.32 Å². The molecule has 1 aromatic rings. The molecule has 0 radical (unpaired) electrons.